The van der Waals surface area contributed by atoms with E-state index in [0.717, 1.165) is 19.0 Å². The van der Waals surface area contributed by atoms with Crippen LogP contribution in [0.3, 0.4) is 0 Å². The smallest absolute Gasteiger partial charge is 0.237 e. The van der Waals surface area contributed by atoms with E-state index in [0.29, 0.717) is 11.2 Å². The molecule has 0 spiro atoms. The number of thioether (sulfide) groups is 1. The number of carbonyl (C=O) groups excluding carboxylic acids is 1. The minimum Gasteiger partial charge on any atom is -0.354 e. The summed E-state index contributed by atoms with van der Waals surface area (Å²) in [6, 6.07) is 0.103. The Labute approximate surface area is 114 Å². The second kappa shape index (κ2) is 5.83. The predicted molar refractivity (Wildman–Crippen MR) is 75.7 cm³/mol. The van der Waals surface area contributed by atoms with Crippen molar-refractivity contribution >= 4 is 17.7 Å². The van der Waals surface area contributed by atoms with Crippen LogP contribution >= 0.6 is 11.8 Å². The molecule has 0 bridgehead atoms. The summed E-state index contributed by atoms with van der Waals surface area (Å²) < 4.78 is 0. The summed E-state index contributed by atoms with van der Waals surface area (Å²) in [7, 11) is 0. The summed E-state index contributed by atoms with van der Waals surface area (Å²) in [6.07, 6.45) is 7.84. The van der Waals surface area contributed by atoms with Gasteiger partial charge in [-0.3, -0.25) is 4.79 Å². The maximum atomic E-state index is 12.2. The van der Waals surface area contributed by atoms with Gasteiger partial charge in [-0.05, 0) is 49.8 Å². The average Bonchev–Trinajstić information content (AvgIpc) is 2.99. The lowest BCUT2D eigenvalue weighted by Gasteiger charge is -2.23. The molecule has 1 saturated carbocycles. The predicted octanol–water partition coefficient (Wildman–Crippen LogP) is 1.78. The van der Waals surface area contributed by atoms with Crippen molar-refractivity contribution < 1.29 is 4.79 Å². The van der Waals surface area contributed by atoms with Crippen LogP contribution in [0.15, 0.2) is 0 Å². The molecule has 3 fully saturated rings. The zero-order valence-electron chi connectivity index (χ0n) is 11.0. The molecule has 2 saturated heterocycles. The van der Waals surface area contributed by atoms with E-state index in [9.17, 15) is 4.79 Å². The first-order chi connectivity index (χ1) is 8.84. The molecule has 4 atom stereocenters. The zero-order valence-corrected chi connectivity index (χ0v) is 11.8. The van der Waals surface area contributed by atoms with Crippen LogP contribution in [0.25, 0.3) is 0 Å². The molecule has 3 nitrogen and oxygen atoms in total. The first kappa shape index (κ1) is 12.8. The summed E-state index contributed by atoms with van der Waals surface area (Å²) in [5, 5.41) is 7.27. The van der Waals surface area contributed by atoms with Gasteiger partial charge in [-0.1, -0.05) is 12.8 Å². The zero-order chi connectivity index (χ0) is 12.4. The number of hydrogen-bond acceptors (Lipinski definition) is 3. The van der Waals surface area contributed by atoms with Gasteiger partial charge in [0, 0.05) is 11.8 Å². The third kappa shape index (κ3) is 2.69. The van der Waals surface area contributed by atoms with Gasteiger partial charge in [0.2, 0.25) is 5.91 Å². The molecule has 4 heteroatoms. The third-order valence-corrected chi connectivity index (χ3v) is 6.20. The average molecular weight is 268 g/mol. The van der Waals surface area contributed by atoms with Crippen molar-refractivity contribution in [3.05, 3.63) is 0 Å². The second-order valence-corrected chi connectivity index (χ2v) is 7.38. The fraction of sp³-hybridized carbons (Fsp3) is 0.929. The molecule has 1 amide bonds. The Morgan fingerprint density at radius 1 is 1.22 bits per heavy atom. The highest BCUT2D eigenvalue weighted by Gasteiger charge is 2.42. The third-order valence-electron chi connectivity index (χ3n) is 4.81. The van der Waals surface area contributed by atoms with Gasteiger partial charge in [0.05, 0.1) is 6.04 Å². The molecule has 3 aliphatic rings. The molecule has 0 aromatic heterocycles. The van der Waals surface area contributed by atoms with Gasteiger partial charge in [-0.25, -0.2) is 0 Å². The van der Waals surface area contributed by atoms with Gasteiger partial charge in [-0.15, -0.1) is 0 Å². The van der Waals surface area contributed by atoms with Gasteiger partial charge in [-0.2, -0.15) is 11.8 Å². The molecule has 2 heterocycles. The van der Waals surface area contributed by atoms with Crippen molar-refractivity contribution in [1.82, 2.24) is 10.6 Å². The number of nitrogens with one attached hydrogen (secondary N) is 2. The number of rotatable bonds is 3. The Hall–Kier alpha value is -0.220. The van der Waals surface area contributed by atoms with Crippen LogP contribution in [-0.2, 0) is 4.79 Å². The van der Waals surface area contributed by atoms with Crippen LogP contribution in [0.5, 0.6) is 0 Å². The summed E-state index contributed by atoms with van der Waals surface area (Å²) in [6.45, 7) is 1.93. The summed E-state index contributed by atoms with van der Waals surface area (Å²) in [5.41, 5.74) is 0. The monoisotopic (exact) mass is 268 g/mol. The van der Waals surface area contributed by atoms with E-state index in [4.69, 9.17) is 0 Å². The largest absolute Gasteiger partial charge is 0.354 e. The van der Waals surface area contributed by atoms with Crippen molar-refractivity contribution in [3.8, 4) is 0 Å². The molecular formula is C14H24N2OS. The van der Waals surface area contributed by atoms with Gasteiger partial charge < -0.3 is 10.6 Å². The minimum absolute atomic E-state index is 0.103. The molecule has 0 aromatic carbocycles. The van der Waals surface area contributed by atoms with E-state index < -0.39 is 0 Å². The summed E-state index contributed by atoms with van der Waals surface area (Å²) in [4.78, 5) is 12.2. The van der Waals surface area contributed by atoms with Gasteiger partial charge >= 0.3 is 0 Å². The number of fused-ring (bicyclic) bond motifs is 1. The normalized spacial score (nSPS) is 39.6. The highest BCUT2D eigenvalue weighted by Crippen LogP contribution is 2.37. The molecule has 2 aliphatic heterocycles. The molecule has 4 unspecified atom stereocenters. The molecular weight excluding hydrogens is 244 g/mol. The lowest BCUT2D eigenvalue weighted by molar-refractivity contribution is -0.123. The fourth-order valence-corrected chi connectivity index (χ4v) is 5.01. The van der Waals surface area contributed by atoms with Crippen LogP contribution in [-0.4, -0.2) is 36.0 Å². The molecule has 3 rings (SSSR count). The van der Waals surface area contributed by atoms with E-state index in [1.165, 1.54) is 44.3 Å². The van der Waals surface area contributed by atoms with Gasteiger partial charge in [0.1, 0.15) is 0 Å². The second-order valence-electron chi connectivity index (χ2n) is 5.97. The van der Waals surface area contributed by atoms with Gasteiger partial charge in [0.25, 0.3) is 0 Å². The maximum absolute atomic E-state index is 12.2. The van der Waals surface area contributed by atoms with E-state index >= 15 is 0 Å². The maximum Gasteiger partial charge on any atom is 0.237 e. The minimum atomic E-state index is 0.103. The molecule has 0 aromatic rings. The first-order valence-electron chi connectivity index (χ1n) is 7.47. The molecule has 18 heavy (non-hydrogen) atoms. The van der Waals surface area contributed by atoms with Crippen molar-refractivity contribution in [2.75, 3.05) is 18.8 Å². The van der Waals surface area contributed by atoms with E-state index in [2.05, 4.69) is 10.6 Å². The van der Waals surface area contributed by atoms with Crippen LogP contribution in [0, 0.1) is 11.8 Å². The van der Waals surface area contributed by atoms with E-state index in [-0.39, 0.29) is 11.9 Å². The van der Waals surface area contributed by atoms with E-state index in [1.54, 1.807) is 0 Å². The Morgan fingerprint density at radius 2 is 2.17 bits per heavy atom. The highest BCUT2D eigenvalue weighted by atomic mass is 32.2. The Balaban J connectivity index is 1.46. The summed E-state index contributed by atoms with van der Waals surface area (Å²) >= 11 is 2.03. The van der Waals surface area contributed by atoms with E-state index in [1.807, 2.05) is 11.8 Å². The quantitative estimate of drug-likeness (QED) is 0.820. The standard InChI is InChI=1S/C14H24N2OS/c17-14(16-9-11-5-1-2-7-18-11)13-12-6-3-4-10(12)8-15-13/h10-13,15H,1-9H2,(H,16,17). The van der Waals surface area contributed by atoms with Crippen molar-refractivity contribution in [2.24, 2.45) is 11.8 Å². The lowest BCUT2D eigenvalue weighted by atomic mass is 9.93. The van der Waals surface area contributed by atoms with Gasteiger partial charge in [0.15, 0.2) is 0 Å². The Morgan fingerprint density at radius 3 is 3.00 bits per heavy atom. The fourth-order valence-electron chi connectivity index (χ4n) is 3.77. The molecule has 102 valence electrons. The first-order valence-corrected chi connectivity index (χ1v) is 8.52. The number of carbonyl (C=O) groups is 1. The highest BCUT2D eigenvalue weighted by molar-refractivity contribution is 7.99. The number of hydrogen-bond donors (Lipinski definition) is 2. The molecule has 0 radical (unpaired) electrons. The van der Waals surface area contributed by atoms with Crippen LogP contribution in [0.2, 0.25) is 0 Å². The molecule has 2 N–H and O–H groups in total. The number of amides is 1. The summed E-state index contributed by atoms with van der Waals surface area (Å²) in [5.74, 6) is 2.91. The molecule has 1 aliphatic carbocycles. The van der Waals surface area contributed by atoms with Crippen LogP contribution in [0.1, 0.15) is 38.5 Å². The SMILES string of the molecule is O=C(NCC1CCCCS1)C1NCC2CCCC21. The lowest BCUT2D eigenvalue weighted by Crippen LogP contribution is -2.45. The Kier molecular flexibility index (Phi) is 4.14. The van der Waals surface area contributed by atoms with Crippen molar-refractivity contribution in [2.45, 2.75) is 49.8 Å². The van der Waals surface area contributed by atoms with Crippen LogP contribution < -0.4 is 10.6 Å². The van der Waals surface area contributed by atoms with Crippen molar-refractivity contribution in [1.29, 1.82) is 0 Å². The van der Waals surface area contributed by atoms with Crippen molar-refractivity contribution in [3.63, 3.8) is 0 Å². The Bertz CT molecular complexity index is 304. The van der Waals surface area contributed by atoms with Crippen LogP contribution in [0.4, 0.5) is 0 Å². The topological polar surface area (TPSA) is 41.1 Å².